The van der Waals surface area contributed by atoms with Crippen molar-refractivity contribution in [3.05, 3.63) is 55.0 Å². The lowest BCUT2D eigenvalue weighted by Crippen LogP contribution is -2.01. The van der Waals surface area contributed by atoms with Gasteiger partial charge in [-0.15, -0.1) is 0 Å². The van der Waals surface area contributed by atoms with Gasteiger partial charge in [0, 0.05) is 11.6 Å². The van der Waals surface area contributed by atoms with Gasteiger partial charge >= 0.3 is 11.9 Å². The zero-order valence-electron chi connectivity index (χ0n) is 16.4. The molecule has 154 valence electrons. The monoisotopic (exact) mass is 398 g/mol. The number of aromatic nitrogens is 2. The first-order chi connectivity index (χ1) is 14.1. The Labute approximate surface area is 170 Å². The summed E-state index contributed by atoms with van der Waals surface area (Å²) in [5, 5.41) is 8.86. The highest BCUT2D eigenvalue weighted by Gasteiger charge is 2.06. The van der Waals surface area contributed by atoms with Gasteiger partial charge in [-0.05, 0) is 37.1 Å². The van der Waals surface area contributed by atoms with E-state index >= 15 is 0 Å². The minimum atomic E-state index is -1.10. The Morgan fingerprint density at radius 1 is 0.931 bits per heavy atom. The van der Waals surface area contributed by atoms with Crippen LogP contribution in [-0.2, 0) is 9.53 Å². The number of rotatable bonds is 13. The lowest BCUT2D eigenvalue weighted by molar-refractivity contribution is -0.137. The fourth-order valence-electron chi connectivity index (χ4n) is 2.64. The predicted octanol–water partition coefficient (Wildman–Crippen LogP) is 4.29. The molecule has 0 amide bonds. The second-order valence-corrected chi connectivity index (χ2v) is 6.46. The Kier molecular flexibility index (Phi) is 9.35. The van der Waals surface area contributed by atoms with Crippen molar-refractivity contribution in [3.8, 4) is 17.0 Å². The van der Waals surface area contributed by atoms with Gasteiger partial charge in [-0.2, -0.15) is 0 Å². The van der Waals surface area contributed by atoms with Crippen LogP contribution in [-0.4, -0.2) is 40.2 Å². The van der Waals surface area contributed by atoms with E-state index < -0.39 is 5.97 Å². The highest BCUT2D eigenvalue weighted by atomic mass is 16.5. The molecule has 0 unspecified atom stereocenters. The van der Waals surface area contributed by atoms with Crippen LogP contribution < -0.4 is 4.74 Å². The van der Waals surface area contributed by atoms with E-state index in [1.54, 1.807) is 0 Å². The number of aromatic carboxylic acids is 1. The van der Waals surface area contributed by atoms with E-state index in [2.05, 4.69) is 16.5 Å². The van der Waals surface area contributed by atoms with Gasteiger partial charge in [0.2, 0.25) is 0 Å². The van der Waals surface area contributed by atoms with E-state index in [1.165, 1.54) is 18.5 Å². The standard InChI is InChI=1S/C22H26N2O5/c1-2-21(25)29-14-8-6-4-3-5-7-13-28-18-11-9-17(10-12-18)19-15-24-20(16-23-19)22(26)27/h2,9-12,15-16H,1,3-8,13-14H2,(H,26,27). The molecule has 0 atom stereocenters. The third kappa shape index (κ3) is 8.13. The van der Waals surface area contributed by atoms with E-state index in [0.717, 1.165) is 49.8 Å². The van der Waals surface area contributed by atoms with Crippen LogP contribution in [0.25, 0.3) is 11.3 Å². The minimum Gasteiger partial charge on any atom is -0.494 e. The summed E-state index contributed by atoms with van der Waals surface area (Å²) in [7, 11) is 0. The normalized spacial score (nSPS) is 10.3. The molecule has 0 bridgehead atoms. The van der Waals surface area contributed by atoms with Crippen LogP contribution in [0.15, 0.2) is 49.3 Å². The van der Waals surface area contributed by atoms with Gasteiger partial charge in [0.25, 0.3) is 0 Å². The molecule has 1 heterocycles. The fourth-order valence-corrected chi connectivity index (χ4v) is 2.64. The quantitative estimate of drug-likeness (QED) is 0.305. The number of nitrogens with zero attached hydrogens (tertiary/aromatic N) is 2. The van der Waals surface area contributed by atoms with Crippen LogP contribution in [0.3, 0.4) is 0 Å². The zero-order valence-corrected chi connectivity index (χ0v) is 16.4. The summed E-state index contributed by atoms with van der Waals surface area (Å²) in [5.74, 6) is -0.672. The number of carboxylic acids is 1. The molecule has 2 rings (SSSR count). The third-order valence-electron chi connectivity index (χ3n) is 4.24. The van der Waals surface area contributed by atoms with E-state index in [-0.39, 0.29) is 11.7 Å². The largest absolute Gasteiger partial charge is 0.494 e. The molecule has 2 aromatic rings. The summed E-state index contributed by atoms with van der Waals surface area (Å²) in [6, 6.07) is 7.48. The summed E-state index contributed by atoms with van der Waals surface area (Å²) < 4.78 is 10.7. The van der Waals surface area contributed by atoms with E-state index in [0.29, 0.717) is 18.9 Å². The second kappa shape index (κ2) is 12.3. The Hall–Kier alpha value is -3.22. The van der Waals surface area contributed by atoms with Crippen molar-refractivity contribution < 1.29 is 24.2 Å². The first-order valence-electron chi connectivity index (χ1n) is 9.68. The van der Waals surface area contributed by atoms with Crippen LogP contribution in [0.1, 0.15) is 49.0 Å². The molecule has 29 heavy (non-hydrogen) atoms. The van der Waals surface area contributed by atoms with Crippen LogP contribution in [0.4, 0.5) is 0 Å². The molecular formula is C22H26N2O5. The lowest BCUT2D eigenvalue weighted by atomic mass is 10.1. The SMILES string of the molecule is C=CC(=O)OCCCCCCCCOc1ccc(-c2cnc(C(=O)O)cn2)cc1. The Morgan fingerprint density at radius 3 is 2.17 bits per heavy atom. The summed E-state index contributed by atoms with van der Waals surface area (Å²) in [6.07, 6.45) is 10.1. The number of benzene rings is 1. The zero-order chi connectivity index (χ0) is 20.9. The Morgan fingerprint density at radius 2 is 1.59 bits per heavy atom. The number of hydrogen-bond donors (Lipinski definition) is 1. The number of carboxylic acid groups (broad SMARTS) is 1. The number of carbonyl (C=O) groups is 2. The smallest absolute Gasteiger partial charge is 0.356 e. The fraction of sp³-hybridized carbons (Fsp3) is 0.364. The first kappa shape index (κ1) is 22.1. The van der Waals surface area contributed by atoms with Crippen LogP contribution in [0, 0.1) is 0 Å². The van der Waals surface area contributed by atoms with Gasteiger partial charge in [0.15, 0.2) is 5.69 Å². The molecule has 1 aromatic carbocycles. The van der Waals surface area contributed by atoms with Crippen molar-refractivity contribution in [3.63, 3.8) is 0 Å². The second-order valence-electron chi connectivity index (χ2n) is 6.46. The molecule has 0 fully saturated rings. The maximum atomic E-state index is 10.9. The van der Waals surface area contributed by atoms with E-state index in [4.69, 9.17) is 14.6 Å². The molecule has 0 saturated heterocycles. The molecule has 7 heteroatoms. The van der Waals surface area contributed by atoms with Crippen molar-refractivity contribution in [2.45, 2.75) is 38.5 Å². The van der Waals surface area contributed by atoms with Gasteiger partial charge in [0.05, 0.1) is 31.3 Å². The molecule has 0 aliphatic heterocycles. The van der Waals surface area contributed by atoms with Crippen molar-refractivity contribution in [2.75, 3.05) is 13.2 Å². The number of hydrogen-bond acceptors (Lipinski definition) is 6. The molecule has 7 nitrogen and oxygen atoms in total. The van der Waals surface area contributed by atoms with Gasteiger partial charge in [-0.25, -0.2) is 14.6 Å². The van der Waals surface area contributed by atoms with E-state index in [1.807, 2.05) is 24.3 Å². The molecule has 1 N–H and O–H groups in total. The van der Waals surface area contributed by atoms with Crippen molar-refractivity contribution in [1.29, 1.82) is 0 Å². The van der Waals surface area contributed by atoms with Crippen LogP contribution in [0.2, 0.25) is 0 Å². The summed E-state index contributed by atoms with van der Waals surface area (Å²) in [5.41, 5.74) is 1.38. The maximum absolute atomic E-state index is 10.9. The molecular weight excluding hydrogens is 372 g/mol. The molecule has 0 aliphatic rings. The Balaban J connectivity index is 1.59. The van der Waals surface area contributed by atoms with Crippen molar-refractivity contribution in [2.24, 2.45) is 0 Å². The highest BCUT2D eigenvalue weighted by molar-refractivity contribution is 5.85. The lowest BCUT2D eigenvalue weighted by Gasteiger charge is -2.07. The van der Waals surface area contributed by atoms with Crippen LogP contribution in [0.5, 0.6) is 5.75 Å². The number of unbranched alkanes of at least 4 members (excludes halogenated alkanes) is 5. The highest BCUT2D eigenvalue weighted by Crippen LogP contribution is 2.20. The molecule has 0 aliphatic carbocycles. The minimum absolute atomic E-state index is 0.0789. The summed E-state index contributed by atoms with van der Waals surface area (Å²) in [4.78, 5) is 29.7. The predicted molar refractivity (Wildman–Crippen MR) is 109 cm³/mol. The van der Waals surface area contributed by atoms with Crippen molar-refractivity contribution in [1.82, 2.24) is 9.97 Å². The third-order valence-corrected chi connectivity index (χ3v) is 4.24. The summed E-state index contributed by atoms with van der Waals surface area (Å²) >= 11 is 0. The molecule has 0 saturated carbocycles. The Bertz CT molecular complexity index is 788. The molecule has 0 radical (unpaired) electrons. The summed E-state index contributed by atoms with van der Waals surface area (Å²) in [6.45, 7) is 4.47. The topological polar surface area (TPSA) is 98.6 Å². The van der Waals surface area contributed by atoms with Gasteiger partial charge in [0.1, 0.15) is 5.75 Å². The number of esters is 1. The number of carbonyl (C=O) groups excluding carboxylic acids is 1. The number of ether oxygens (including phenoxy) is 2. The van der Waals surface area contributed by atoms with Crippen molar-refractivity contribution >= 4 is 11.9 Å². The van der Waals surface area contributed by atoms with Gasteiger partial charge in [-0.1, -0.05) is 32.3 Å². The molecule has 1 aromatic heterocycles. The maximum Gasteiger partial charge on any atom is 0.356 e. The molecule has 0 spiro atoms. The van der Waals surface area contributed by atoms with Crippen LogP contribution >= 0.6 is 0 Å². The average Bonchev–Trinajstić information content (AvgIpc) is 2.75. The first-order valence-corrected chi connectivity index (χ1v) is 9.68. The van der Waals surface area contributed by atoms with Gasteiger partial charge < -0.3 is 14.6 Å². The van der Waals surface area contributed by atoms with Gasteiger partial charge in [-0.3, -0.25) is 4.98 Å². The van der Waals surface area contributed by atoms with E-state index in [9.17, 15) is 9.59 Å². The average molecular weight is 398 g/mol.